The Morgan fingerprint density at radius 2 is 2.04 bits per heavy atom. The lowest BCUT2D eigenvalue weighted by molar-refractivity contribution is 0.0999. The van der Waals surface area contributed by atoms with Crippen LogP contribution in [0, 0.1) is 6.92 Å². The summed E-state index contributed by atoms with van der Waals surface area (Å²) in [5, 5.41) is 1.33. The Morgan fingerprint density at radius 3 is 2.52 bits per heavy atom. The molecule has 1 aromatic carbocycles. The molecule has 0 aliphatic carbocycles. The highest BCUT2D eigenvalue weighted by atomic mass is 35.5. The molecule has 23 heavy (non-hydrogen) atoms. The van der Waals surface area contributed by atoms with E-state index in [1.54, 1.807) is 43.5 Å². The van der Waals surface area contributed by atoms with Crippen molar-refractivity contribution in [1.82, 2.24) is 4.98 Å². The molecule has 0 atom stereocenters. The number of carbonyl (C=O) groups excluding carboxylic acids is 1. The van der Waals surface area contributed by atoms with E-state index in [9.17, 15) is 13.2 Å². The molecule has 2 aromatic rings. The van der Waals surface area contributed by atoms with Gasteiger partial charge in [-0.25, -0.2) is 0 Å². The second-order valence-electron chi connectivity index (χ2n) is 4.43. The van der Waals surface area contributed by atoms with Crippen LogP contribution in [0.15, 0.2) is 48.1 Å². The van der Waals surface area contributed by atoms with E-state index in [-0.39, 0.29) is 0 Å². The molecule has 122 valence electrons. The Morgan fingerprint density at radius 1 is 1.35 bits per heavy atom. The molecule has 0 unspecified atom stereocenters. The highest BCUT2D eigenvalue weighted by Gasteiger charge is 2.03. The van der Waals surface area contributed by atoms with E-state index in [4.69, 9.17) is 21.9 Å². The Kier molecular flexibility index (Phi) is 6.89. The number of halogens is 1. The molecule has 0 fully saturated rings. The zero-order chi connectivity index (χ0) is 17.5. The summed E-state index contributed by atoms with van der Waals surface area (Å²) in [5.41, 5.74) is 7.04. The van der Waals surface area contributed by atoms with Gasteiger partial charge >= 0.3 is 0 Å². The fourth-order valence-corrected chi connectivity index (χ4v) is 2.10. The van der Waals surface area contributed by atoms with Crippen LogP contribution in [-0.2, 0) is 10.1 Å². The fourth-order valence-electron chi connectivity index (χ4n) is 1.54. The topological polar surface area (TPSA) is 110 Å². The van der Waals surface area contributed by atoms with Gasteiger partial charge in [-0.15, -0.1) is 0 Å². The second-order valence-corrected chi connectivity index (χ2v) is 6.17. The van der Waals surface area contributed by atoms with Crippen molar-refractivity contribution in [3.63, 3.8) is 0 Å². The first-order valence-corrected chi connectivity index (χ1v) is 8.19. The Hall–Kier alpha value is -2.22. The summed E-state index contributed by atoms with van der Waals surface area (Å²) >= 11 is 5.67. The molecule has 0 radical (unpaired) electrons. The van der Waals surface area contributed by atoms with Gasteiger partial charge in [0.1, 0.15) is 0 Å². The third-order valence-electron chi connectivity index (χ3n) is 2.57. The summed E-state index contributed by atoms with van der Waals surface area (Å²) in [4.78, 5) is 14.5. The maximum absolute atomic E-state index is 10.7. The van der Waals surface area contributed by atoms with Crippen LogP contribution in [0.4, 0.5) is 0 Å². The molecule has 6 nitrogen and oxygen atoms in total. The van der Waals surface area contributed by atoms with E-state index >= 15 is 0 Å². The fraction of sp³-hybridized carbons (Fsp3) is 0.0667. The van der Waals surface area contributed by atoms with E-state index in [2.05, 4.69) is 4.98 Å². The number of hydrogen-bond donors (Lipinski definition) is 2. The minimum Gasteiger partial charge on any atom is -0.366 e. The minimum atomic E-state index is -4.03. The van der Waals surface area contributed by atoms with Crippen molar-refractivity contribution in [2.75, 3.05) is 0 Å². The van der Waals surface area contributed by atoms with E-state index in [0.717, 1.165) is 5.56 Å². The Labute approximate surface area is 139 Å². The number of hydrogen-bond acceptors (Lipinski definition) is 4. The zero-order valence-electron chi connectivity index (χ0n) is 12.2. The largest absolute Gasteiger partial charge is 0.366 e. The zero-order valence-corrected chi connectivity index (χ0v) is 13.8. The lowest BCUT2D eigenvalue weighted by Gasteiger charge is -1.99. The number of aryl methyl sites for hydroxylation is 1. The van der Waals surface area contributed by atoms with Gasteiger partial charge in [-0.3, -0.25) is 14.3 Å². The van der Waals surface area contributed by atoms with Gasteiger partial charge in [0.15, 0.2) is 0 Å². The third kappa shape index (κ3) is 7.55. The van der Waals surface area contributed by atoms with Crippen molar-refractivity contribution >= 4 is 33.7 Å². The minimum absolute atomic E-state index is 0.417. The van der Waals surface area contributed by atoms with Crippen molar-refractivity contribution < 1.29 is 17.8 Å². The molecule has 2 rings (SSSR count). The number of benzene rings is 1. The van der Waals surface area contributed by atoms with Crippen LogP contribution in [-0.4, -0.2) is 23.9 Å². The molecule has 1 heterocycles. The third-order valence-corrected chi connectivity index (χ3v) is 3.29. The average Bonchev–Trinajstić information content (AvgIpc) is 2.46. The predicted octanol–water partition coefficient (Wildman–Crippen LogP) is 2.69. The molecular formula is C15H15ClN2O4S. The van der Waals surface area contributed by atoms with Gasteiger partial charge in [0, 0.05) is 23.0 Å². The number of amides is 1. The summed E-state index contributed by atoms with van der Waals surface area (Å²) < 4.78 is 28.8. The van der Waals surface area contributed by atoms with E-state index in [0.29, 0.717) is 21.6 Å². The monoisotopic (exact) mass is 354 g/mol. The lowest BCUT2D eigenvalue weighted by Crippen LogP contribution is -2.12. The molecule has 1 amide bonds. The van der Waals surface area contributed by atoms with Crippen LogP contribution in [0.1, 0.15) is 21.5 Å². The summed E-state index contributed by atoms with van der Waals surface area (Å²) in [6, 6.07) is 8.33. The van der Waals surface area contributed by atoms with Crippen molar-refractivity contribution in [3.8, 4) is 0 Å². The van der Waals surface area contributed by atoms with Crippen LogP contribution in [0.3, 0.4) is 0 Å². The number of rotatable bonds is 3. The first kappa shape index (κ1) is 18.8. The number of nitrogens with zero attached hydrogens (tertiary/aromatic N) is 1. The van der Waals surface area contributed by atoms with Crippen LogP contribution in [0.2, 0.25) is 5.02 Å². The van der Waals surface area contributed by atoms with E-state index in [1.165, 1.54) is 12.3 Å². The molecule has 0 aliphatic heterocycles. The molecule has 3 N–H and O–H groups in total. The predicted molar refractivity (Wildman–Crippen MR) is 89.5 cm³/mol. The number of aromatic nitrogens is 1. The first-order chi connectivity index (χ1) is 10.7. The van der Waals surface area contributed by atoms with Crippen LogP contribution >= 0.6 is 11.6 Å². The van der Waals surface area contributed by atoms with Crippen molar-refractivity contribution in [2.45, 2.75) is 6.92 Å². The van der Waals surface area contributed by atoms with Crippen molar-refractivity contribution in [3.05, 3.63) is 69.8 Å². The standard InChI is InChI=1S/C8H8ClNO.C7H7NO3S/c1-5-4-6(9)2-3-7(5)8(10)11;9-12(10,11)5-3-7-2-1-4-8-6-7/h2-4H,1H3,(H2,10,11);1-6H,(H,9,10,11)/b;5-3+. The van der Waals surface area contributed by atoms with Crippen LogP contribution < -0.4 is 5.73 Å². The highest BCUT2D eigenvalue weighted by Crippen LogP contribution is 2.14. The maximum atomic E-state index is 10.7. The first-order valence-electron chi connectivity index (χ1n) is 6.30. The SMILES string of the molecule is Cc1cc(Cl)ccc1C(N)=O.O=S(=O)(O)/C=C/c1cccnc1. The van der Waals surface area contributed by atoms with Gasteiger partial charge in [0.05, 0.1) is 5.41 Å². The van der Waals surface area contributed by atoms with E-state index in [1.807, 2.05) is 0 Å². The summed E-state index contributed by atoms with van der Waals surface area (Å²) in [6.07, 6.45) is 4.33. The van der Waals surface area contributed by atoms with Crippen LogP contribution in [0.5, 0.6) is 0 Å². The van der Waals surface area contributed by atoms with Gasteiger partial charge in [-0.05, 0) is 48.4 Å². The maximum Gasteiger partial charge on any atom is 0.287 e. The molecule has 0 saturated carbocycles. The Bertz CT molecular complexity index is 805. The van der Waals surface area contributed by atoms with Crippen LogP contribution in [0.25, 0.3) is 6.08 Å². The van der Waals surface area contributed by atoms with Crippen molar-refractivity contribution in [2.24, 2.45) is 5.73 Å². The highest BCUT2D eigenvalue weighted by molar-refractivity contribution is 7.88. The molecular weight excluding hydrogens is 340 g/mol. The number of pyridine rings is 1. The molecule has 0 bridgehead atoms. The Balaban J connectivity index is 0.000000231. The van der Waals surface area contributed by atoms with Gasteiger partial charge in [0.2, 0.25) is 5.91 Å². The quantitative estimate of drug-likeness (QED) is 0.823. The molecule has 0 aliphatic rings. The summed E-state index contributed by atoms with van der Waals surface area (Å²) in [6.45, 7) is 1.80. The normalized spacial score (nSPS) is 10.9. The number of primary amides is 1. The molecule has 0 spiro atoms. The van der Waals surface area contributed by atoms with Gasteiger partial charge < -0.3 is 5.73 Å². The molecule has 8 heteroatoms. The summed E-state index contributed by atoms with van der Waals surface area (Å²) in [5.74, 6) is -0.417. The van der Waals surface area contributed by atoms with Gasteiger partial charge in [0.25, 0.3) is 10.1 Å². The summed E-state index contributed by atoms with van der Waals surface area (Å²) in [7, 11) is -4.03. The average molecular weight is 355 g/mol. The van der Waals surface area contributed by atoms with Gasteiger partial charge in [-0.2, -0.15) is 8.42 Å². The number of carbonyl (C=O) groups is 1. The molecule has 1 aromatic heterocycles. The molecule has 0 saturated heterocycles. The second kappa shape index (κ2) is 8.42. The number of nitrogens with two attached hydrogens (primary N) is 1. The van der Waals surface area contributed by atoms with Crippen molar-refractivity contribution in [1.29, 1.82) is 0 Å². The van der Waals surface area contributed by atoms with E-state index < -0.39 is 16.0 Å². The smallest absolute Gasteiger partial charge is 0.287 e. The lowest BCUT2D eigenvalue weighted by atomic mass is 10.1. The van der Waals surface area contributed by atoms with Gasteiger partial charge in [-0.1, -0.05) is 17.7 Å².